The monoisotopic (exact) mass is 299 g/mol. The average molecular weight is 299 g/mol. The summed E-state index contributed by atoms with van der Waals surface area (Å²) in [5.41, 5.74) is 4.68. The Balaban J connectivity index is 1.89. The fourth-order valence-corrected chi connectivity index (χ4v) is 4.05. The van der Waals surface area contributed by atoms with Gasteiger partial charge in [-0.05, 0) is 62.7 Å². The van der Waals surface area contributed by atoms with Crippen LogP contribution in [0.2, 0.25) is 0 Å². The molecule has 0 radical (unpaired) electrons. The van der Waals surface area contributed by atoms with Gasteiger partial charge in [0.05, 0.1) is 4.92 Å². The Hall–Kier alpha value is -1.84. The van der Waals surface area contributed by atoms with Gasteiger partial charge in [-0.1, -0.05) is 12.0 Å². The van der Waals surface area contributed by atoms with Crippen molar-refractivity contribution in [3.63, 3.8) is 0 Å². The molecule has 0 amide bonds. The van der Waals surface area contributed by atoms with Crippen LogP contribution in [-0.4, -0.2) is 10.5 Å². The molecule has 2 saturated carbocycles. The maximum atomic E-state index is 11.5. The van der Waals surface area contributed by atoms with Gasteiger partial charge in [0.25, 0.3) is 0 Å². The van der Waals surface area contributed by atoms with Crippen LogP contribution in [0.1, 0.15) is 62.5 Å². The highest BCUT2D eigenvalue weighted by molar-refractivity contribution is 5.81. The van der Waals surface area contributed by atoms with E-state index in [1.54, 1.807) is 6.07 Å². The molecule has 4 heteroatoms. The smallest absolute Gasteiger partial charge is 0.311 e. The van der Waals surface area contributed by atoms with Crippen molar-refractivity contribution >= 4 is 11.3 Å². The lowest BCUT2D eigenvalue weighted by Crippen LogP contribution is -2.41. The van der Waals surface area contributed by atoms with Crippen LogP contribution < -0.4 is 4.74 Å². The van der Waals surface area contributed by atoms with Gasteiger partial charge >= 0.3 is 5.69 Å². The molecule has 116 valence electrons. The molecule has 22 heavy (non-hydrogen) atoms. The minimum atomic E-state index is -0.289. The molecule has 0 aromatic heterocycles. The number of ether oxygens (including phenoxy) is 1. The Bertz CT molecular complexity index is 678. The maximum absolute atomic E-state index is 11.5. The summed E-state index contributed by atoms with van der Waals surface area (Å²) in [5.74, 6) is 0.526. The van der Waals surface area contributed by atoms with Crippen LogP contribution in [0.15, 0.2) is 17.7 Å². The zero-order valence-corrected chi connectivity index (χ0v) is 13.0. The lowest BCUT2D eigenvalue weighted by atomic mass is 9.76. The second-order valence-electron chi connectivity index (χ2n) is 7.02. The van der Waals surface area contributed by atoms with Crippen LogP contribution >= 0.6 is 0 Å². The van der Waals surface area contributed by atoms with E-state index in [1.807, 2.05) is 6.92 Å². The number of aryl methyl sites for hydroxylation is 1. The molecule has 4 rings (SSSR count). The van der Waals surface area contributed by atoms with Crippen LogP contribution in [0.3, 0.4) is 0 Å². The number of nitro groups is 1. The van der Waals surface area contributed by atoms with Crippen LogP contribution in [-0.2, 0) is 0 Å². The fraction of sp³-hybridized carbons (Fsp3) is 0.556. The Kier molecular flexibility index (Phi) is 3.03. The van der Waals surface area contributed by atoms with Gasteiger partial charge in [0, 0.05) is 18.1 Å². The number of rotatable bonds is 1. The summed E-state index contributed by atoms with van der Waals surface area (Å²) in [4.78, 5) is 11.2. The first-order valence-electron chi connectivity index (χ1n) is 8.27. The van der Waals surface area contributed by atoms with Crippen LogP contribution in [0.25, 0.3) is 5.57 Å². The van der Waals surface area contributed by atoms with Gasteiger partial charge in [-0.15, -0.1) is 0 Å². The first kappa shape index (κ1) is 13.8. The van der Waals surface area contributed by atoms with Crippen molar-refractivity contribution in [1.29, 1.82) is 0 Å². The van der Waals surface area contributed by atoms with E-state index >= 15 is 0 Å². The molecule has 1 aromatic carbocycles. The number of fused-ring (bicyclic) bond motifs is 1. The van der Waals surface area contributed by atoms with Crippen molar-refractivity contribution in [2.45, 2.75) is 63.9 Å². The summed E-state index contributed by atoms with van der Waals surface area (Å²) in [6.07, 6.45) is 8.85. The lowest BCUT2D eigenvalue weighted by Gasteiger charge is -2.42. The molecular formula is C18H21NO3. The third-order valence-corrected chi connectivity index (χ3v) is 5.24. The average Bonchev–Trinajstić information content (AvgIpc) is 3.32. The number of nitrogens with zero attached hydrogens (tertiary/aromatic N) is 1. The van der Waals surface area contributed by atoms with E-state index in [-0.39, 0.29) is 16.2 Å². The zero-order chi connectivity index (χ0) is 15.3. The fourth-order valence-electron chi connectivity index (χ4n) is 4.05. The molecule has 2 aliphatic carbocycles. The van der Waals surface area contributed by atoms with E-state index in [0.29, 0.717) is 5.75 Å². The largest absolute Gasteiger partial charge is 0.479 e. The summed E-state index contributed by atoms with van der Waals surface area (Å²) in [5, 5.41) is 11.5. The van der Waals surface area contributed by atoms with Gasteiger partial charge < -0.3 is 4.74 Å². The van der Waals surface area contributed by atoms with Crippen molar-refractivity contribution in [1.82, 2.24) is 0 Å². The van der Waals surface area contributed by atoms with Crippen molar-refractivity contribution in [3.8, 4) is 5.75 Å². The Morgan fingerprint density at radius 1 is 1.18 bits per heavy atom. The zero-order valence-electron chi connectivity index (χ0n) is 13.0. The van der Waals surface area contributed by atoms with Crippen LogP contribution in [0, 0.1) is 17.0 Å². The van der Waals surface area contributed by atoms with E-state index < -0.39 is 0 Å². The summed E-state index contributed by atoms with van der Waals surface area (Å²) in [7, 11) is 0. The topological polar surface area (TPSA) is 52.4 Å². The van der Waals surface area contributed by atoms with Gasteiger partial charge in [0.1, 0.15) is 5.60 Å². The molecule has 0 saturated heterocycles. The van der Waals surface area contributed by atoms with E-state index in [4.69, 9.17) is 4.74 Å². The van der Waals surface area contributed by atoms with Gasteiger partial charge in [0.15, 0.2) is 0 Å². The number of hydrogen-bond donors (Lipinski definition) is 0. The van der Waals surface area contributed by atoms with E-state index in [2.05, 4.69) is 6.07 Å². The van der Waals surface area contributed by atoms with E-state index in [9.17, 15) is 10.1 Å². The minimum Gasteiger partial charge on any atom is -0.479 e. The molecule has 4 nitrogen and oxygen atoms in total. The third kappa shape index (κ3) is 2.21. The SMILES string of the molecule is Cc1cc2c(c([N+](=O)[O-])c1)OC1(CCCCC1)CC2=C1CC1. The third-order valence-electron chi connectivity index (χ3n) is 5.24. The van der Waals surface area contributed by atoms with Crippen LogP contribution in [0.5, 0.6) is 5.75 Å². The summed E-state index contributed by atoms with van der Waals surface area (Å²) < 4.78 is 6.34. The standard InChI is InChI=1S/C18H21NO3/c1-12-9-14-15(13-5-6-13)11-18(7-3-2-4-8-18)22-17(14)16(10-12)19(20)21/h9-10H,2-8,11H2,1H3. The number of hydrogen-bond acceptors (Lipinski definition) is 3. The molecular weight excluding hydrogens is 278 g/mol. The van der Waals surface area contributed by atoms with Crippen molar-refractivity contribution < 1.29 is 9.66 Å². The number of benzene rings is 1. The van der Waals surface area contributed by atoms with Gasteiger partial charge in [0.2, 0.25) is 5.75 Å². The van der Waals surface area contributed by atoms with Gasteiger partial charge in [-0.3, -0.25) is 10.1 Å². The molecule has 0 N–H and O–H groups in total. The number of nitro benzene ring substituents is 1. The van der Waals surface area contributed by atoms with E-state index in [0.717, 1.165) is 56.1 Å². The normalized spacial score (nSPS) is 22.2. The molecule has 0 bridgehead atoms. The second kappa shape index (κ2) is 4.83. The lowest BCUT2D eigenvalue weighted by molar-refractivity contribution is -0.386. The summed E-state index contributed by atoms with van der Waals surface area (Å²) in [6.45, 7) is 1.92. The molecule has 1 spiro atoms. The molecule has 0 atom stereocenters. The first-order chi connectivity index (χ1) is 10.6. The molecule has 0 unspecified atom stereocenters. The first-order valence-corrected chi connectivity index (χ1v) is 8.27. The predicted octanol–water partition coefficient (Wildman–Crippen LogP) is 4.94. The van der Waals surface area contributed by atoms with Crippen molar-refractivity contribution in [2.24, 2.45) is 0 Å². The van der Waals surface area contributed by atoms with Crippen molar-refractivity contribution in [3.05, 3.63) is 38.9 Å². The second-order valence-corrected chi connectivity index (χ2v) is 7.02. The quantitative estimate of drug-likeness (QED) is 0.545. The molecule has 3 aliphatic rings. The molecule has 2 fully saturated rings. The maximum Gasteiger partial charge on any atom is 0.311 e. The van der Waals surface area contributed by atoms with Gasteiger partial charge in [-0.2, -0.15) is 0 Å². The number of allylic oxidation sites excluding steroid dienone is 1. The highest BCUT2D eigenvalue weighted by Crippen LogP contribution is 2.53. The molecule has 1 aliphatic heterocycles. The van der Waals surface area contributed by atoms with Crippen molar-refractivity contribution in [2.75, 3.05) is 0 Å². The highest BCUT2D eigenvalue weighted by atomic mass is 16.6. The predicted molar refractivity (Wildman–Crippen MR) is 85.0 cm³/mol. The summed E-state index contributed by atoms with van der Waals surface area (Å²) >= 11 is 0. The Morgan fingerprint density at radius 2 is 1.91 bits per heavy atom. The molecule has 1 heterocycles. The Morgan fingerprint density at radius 3 is 2.55 bits per heavy atom. The van der Waals surface area contributed by atoms with Crippen LogP contribution in [0.4, 0.5) is 5.69 Å². The Labute approximate surface area is 130 Å². The highest BCUT2D eigenvalue weighted by Gasteiger charge is 2.43. The molecule has 1 aromatic rings. The summed E-state index contributed by atoms with van der Waals surface area (Å²) in [6, 6.07) is 3.72. The minimum absolute atomic E-state index is 0.137. The van der Waals surface area contributed by atoms with Gasteiger partial charge in [-0.25, -0.2) is 0 Å². The van der Waals surface area contributed by atoms with E-state index in [1.165, 1.54) is 17.6 Å².